The number of carbonyl (C=O) groups is 1. The van der Waals surface area contributed by atoms with Crippen molar-refractivity contribution in [2.24, 2.45) is 0 Å². The van der Waals surface area contributed by atoms with E-state index in [1.54, 1.807) is 0 Å². The maximum atomic E-state index is 10.0. The summed E-state index contributed by atoms with van der Waals surface area (Å²) in [5.74, 6) is -0.874. The smallest absolute Gasteiger partial charge is 1.00 e. The summed E-state index contributed by atoms with van der Waals surface area (Å²) >= 11 is 1.44. The van der Waals surface area contributed by atoms with Gasteiger partial charge in [-0.15, -0.1) is 0 Å². The zero-order chi connectivity index (χ0) is 8.15. The molecule has 5 heteroatoms. The summed E-state index contributed by atoms with van der Waals surface area (Å²) in [4.78, 5) is 10.0. The molecule has 0 fully saturated rings. The van der Waals surface area contributed by atoms with Gasteiger partial charge in [-0.05, 0) is 5.25 Å². The van der Waals surface area contributed by atoms with E-state index < -0.39 is 12.1 Å². The molecular weight excluding hydrogens is 175 g/mol. The standard InChI is InChI=1S/C6H12O3S.Na.H/c1-4(2)10-3-5(7)6(8)9;;/h4-5,7H,3H2,1-2H3,(H,8,9);;/q;+1;-1. The van der Waals surface area contributed by atoms with Crippen LogP contribution in [-0.4, -0.2) is 33.3 Å². The van der Waals surface area contributed by atoms with Crippen LogP contribution in [0.4, 0.5) is 0 Å². The Bertz CT molecular complexity index is 123. The van der Waals surface area contributed by atoms with Crippen molar-refractivity contribution in [1.29, 1.82) is 0 Å². The van der Waals surface area contributed by atoms with Crippen LogP contribution in [0, 0.1) is 0 Å². The Morgan fingerprint density at radius 2 is 2.09 bits per heavy atom. The second-order valence-corrected chi connectivity index (χ2v) is 3.85. The van der Waals surface area contributed by atoms with Crippen LogP contribution in [-0.2, 0) is 4.79 Å². The molecule has 0 aromatic heterocycles. The molecular formula is C6H13NaO3S. The summed E-state index contributed by atoms with van der Waals surface area (Å²) in [7, 11) is 0. The number of aliphatic hydroxyl groups is 1. The predicted octanol–water partition coefficient (Wildman–Crippen LogP) is -2.31. The first kappa shape index (κ1) is 14.3. The van der Waals surface area contributed by atoms with Crippen molar-refractivity contribution in [3.63, 3.8) is 0 Å². The fraction of sp³-hybridized carbons (Fsp3) is 0.833. The molecule has 0 rings (SSSR count). The summed E-state index contributed by atoms with van der Waals surface area (Å²) < 4.78 is 0. The Balaban J connectivity index is -0.000000405. The number of rotatable bonds is 4. The number of hydrogen-bond donors (Lipinski definition) is 2. The maximum Gasteiger partial charge on any atom is 1.00 e. The number of carboxylic acids is 1. The molecule has 1 atom stereocenters. The molecule has 2 N–H and O–H groups in total. The van der Waals surface area contributed by atoms with Gasteiger partial charge in [0.15, 0.2) is 6.10 Å². The fourth-order valence-corrected chi connectivity index (χ4v) is 1.06. The van der Waals surface area contributed by atoms with Gasteiger partial charge >= 0.3 is 35.5 Å². The van der Waals surface area contributed by atoms with Crippen LogP contribution in [0.15, 0.2) is 0 Å². The first-order chi connectivity index (χ1) is 4.54. The van der Waals surface area contributed by atoms with Gasteiger partial charge in [0, 0.05) is 5.75 Å². The van der Waals surface area contributed by atoms with Crippen molar-refractivity contribution in [2.75, 3.05) is 5.75 Å². The fourth-order valence-electron chi connectivity index (χ4n) is 0.355. The van der Waals surface area contributed by atoms with Crippen molar-refractivity contribution in [1.82, 2.24) is 0 Å². The summed E-state index contributed by atoms with van der Waals surface area (Å²) in [5.41, 5.74) is 0. The van der Waals surface area contributed by atoms with Crippen molar-refractivity contribution in [3.8, 4) is 0 Å². The minimum absolute atomic E-state index is 0. The average molecular weight is 188 g/mol. The molecule has 0 heterocycles. The molecule has 0 aromatic carbocycles. The van der Waals surface area contributed by atoms with E-state index >= 15 is 0 Å². The summed E-state index contributed by atoms with van der Waals surface area (Å²) in [5, 5.41) is 17.4. The topological polar surface area (TPSA) is 57.5 Å². The Labute approximate surface area is 94.3 Å². The van der Waals surface area contributed by atoms with Crippen molar-refractivity contribution < 1.29 is 46.0 Å². The van der Waals surface area contributed by atoms with Crippen molar-refractivity contribution >= 4 is 17.7 Å². The molecule has 0 aromatic rings. The molecule has 0 saturated heterocycles. The minimum atomic E-state index is -1.22. The van der Waals surface area contributed by atoms with Crippen LogP contribution in [0.25, 0.3) is 0 Å². The predicted molar refractivity (Wildman–Crippen MR) is 42.3 cm³/mol. The molecule has 0 saturated carbocycles. The summed E-state index contributed by atoms with van der Waals surface area (Å²) in [6, 6.07) is 0. The number of thioether (sulfide) groups is 1. The molecule has 0 spiro atoms. The van der Waals surface area contributed by atoms with Crippen LogP contribution in [0.1, 0.15) is 15.3 Å². The molecule has 11 heavy (non-hydrogen) atoms. The summed E-state index contributed by atoms with van der Waals surface area (Å²) in [6.07, 6.45) is -1.22. The van der Waals surface area contributed by atoms with E-state index in [0.717, 1.165) is 0 Å². The maximum absolute atomic E-state index is 10.0. The van der Waals surface area contributed by atoms with E-state index in [9.17, 15) is 4.79 Å². The van der Waals surface area contributed by atoms with Gasteiger partial charge in [0.05, 0.1) is 0 Å². The third-order valence-electron chi connectivity index (χ3n) is 0.872. The molecule has 0 aliphatic rings. The Morgan fingerprint density at radius 1 is 1.64 bits per heavy atom. The number of carboxylic acid groups (broad SMARTS) is 1. The third-order valence-corrected chi connectivity index (χ3v) is 2.05. The zero-order valence-corrected chi connectivity index (χ0v) is 9.89. The van der Waals surface area contributed by atoms with Gasteiger partial charge in [0.1, 0.15) is 0 Å². The van der Waals surface area contributed by atoms with Crippen LogP contribution in [0.3, 0.4) is 0 Å². The number of aliphatic hydroxyl groups excluding tert-OH is 1. The molecule has 0 aliphatic carbocycles. The molecule has 0 bridgehead atoms. The first-order valence-electron chi connectivity index (χ1n) is 3.06. The molecule has 0 aliphatic heterocycles. The van der Waals surface area contributed by atoms with Crippen LogP contribution in [0.5, 0.6) is 0 Å². The third kappa shape index (κ3) is 8.69. The second-order valence-electron chi connectivity index (χ2n) is 2.24. The van der Waals surface area contributed by atoms with E-state index in [2.05, 4.69) is 0 Å². The van der Waals surface area contributed by atoms with Gasteiger partial charge in [0.25, 0.3) is 0 Å². The molecule has 0 radical (unpaired) electrons. The van der Waals surface area contributed by atoms with Crippen LogP contribution < -0.4 is 29.6 Å². The van der Waals surface area contributed by atoms with Gasteiger partial charge in [0.2, 0.25) is 0 Å². The summed E-state index contributed by atoms with van der Waals surface area (Å²) in [6.45, 7) is 3.92. The SMILES string of the molecule is CC(C)SCC(O)C(=O)O.[H-].[Na+]. The second kappa shape index (κ2) is 7.43. The van der Waals surface area contributed by atoms with Gasteiger partial charge in [-0.1, -0.05) is 13.8 Å². The first-order valence-corrected chi connectivity index (χ1v) is 4.11. The van der Waals surface area contributed by atoms with Gasteiger partial charge in [-0.25, -0.2) is 4.79 Å². The Kier molecular flexibility index (Phi) is 9.67. The quantitative estimate of drug-likeness (QED) is 0.487. The van der Waals surface area contributed by atoms with E-state index in [4.69, 9.17) is 10.2 Å². The van der Waals surface area contributed by atoms with Crippen molar-refractivity contribution in [3.05, 3.63) is 0 Å². The van der Waals surface area contributed by atoms with E-state index in [1.165, 1.54) is 11.8 Å². The van der Waals surface area contributed by atoms with E-state index in [0.29, 0.717) is 5.25 Å². The minimum Gasteiger partial charge on any atom is -1.00 e. The molecule has 1 unspecified atom stereocenters. The average Bonchev–Trinajstić information content (AvgIpc) is 1.82. The molecule has 0 amide bonds. The van der Waals surface area contributed by atoms with E-state index in [-0.39, 0.29) is 36.7 Å². The van der Waals surface area contributed by atoms with Crippen LogP contribution >= 0.6 is 11.8 Å². The molecule has 3 nitrogen and oxygen atoms in total. The molecule has 62 valence electrons. The number of aliphatic carboxylic acids is 1. The van der Waals surface area contributed by atoms with E-state index in [1.807, 2.05) is 13.8 Å². The largest absolute Gasteiger partial charge is 1.00 e. The van der Waals surface area contributed by atoms with Gasteiger partial charge in [-0.3, -0.25) is 0 Å². The Hall–Kier alpha value is 0.780. The Morgan fingerprint density at radius 3 is 2.36 bits per heavy atom. The van der Waals surface area contributed by atoms with Crippen molar-refractivity contribution in [2.45, 2.75) is 25.2 Å². The zero-order valence-electron chi connectivity index (χ0n) is 8.07. The normalized spacial score (nSPS) is 12.4. The monoisotopic (exact) mass is 188 g/mol. The number of hydrogen-bond acceptors (Lipinski definition) is 3. The van der Waals surface area contributed by atoms with Gasteiger partial charge in [-0.2, -0.15) is 11.8 Å². The van der Waals surface area contributed by atoms with Gasteiger partial charge < -0.3 is 11.6 Å². The van der Waals surface area contributed by atoms with Crippen LogP contribution in [0.2, 0.25) is 0 Å².